The summed E-state index contributed by atoms with van der Waals surface area (Å²) < 4.78 is 0. The van der Waals surface area contributed by atoms with Gasteiger partial charge in [0.15, 0.2) is 0 Å². The molecule has 1 rings (SSSR count). The third-order valence-corrected chi connectivity index (χ3v) is 1.51. The van der Waals surface area contributed by atoms with Gasteiger partial charge in [0.1, 0.15) is 0 Å². The first-order valence-corrected chi connectivity index (χ1v) is 2.69. The van der Waals surface area contributed by atoms with Gasteiger partial charge in [-0.1, -0.05) is 6.08 Å². The largest absolute Gasteiger partial charge is 0.378 e. The lowest BCUT2D eigenvalue weighted by molar-refractivity contribution is 0.383. The van der Waals surface area contributed by atoms with Crippen LogP contribution in [0.4, 0.5) is 0 Å². The molecule has 0 bridgehead atoms. The molecule has 1 aliphatic rings. The van der Waals surface area contributed by atoms with E-state index in [9.17, 15) is 0 Å². The fraction of sp³-hybridized carbons (Fsp3) is 0.667. The Hall–Kier alpha value is -0.460. The summed E-state index contributed by atoms with van der Waals surface area (Å²) in [5.41, 5.74) is 0. The Morgan fingerprint density at radius 1 is 1.71 bits per heavy atom. The molecule has 0 saturated heterocycles. The lowest BCUT2D eigenvalue weighted by Crippen LogP contribution is -2.17. The Labute approximate surface area is 44.6 Å². The topological polar surface area (TPSA) is 3.24 Å². The number of hydrogen-bond donors (Lipinski definition) is 0. The molecule has 0 radical (unpaired) electrons. The Balaban J connectivity index is 2.45. The highest BCUT2D eigenvalue weighted by Crippen LogP contribution is 2.08. The summed E-state index contributed by atoms with van der Waals surface area (Å²) in [4.78, 5) is 2.22. The van der Waals surface area contributed by atoms with Gasteiger partial charge in [-0.15, -0.1) is 0 Å². The van der Waals surface area contributed by atoms with E-state index in [-0.39, 0.29) is 0 Å². The van der Waals surface area contributed by atoms with Crippen molar-refractivity contribution in [1.29, 1.82) is 0 Å². The van der Waals surface area contributed by atoms with Crippen LogP contribution in [0.25, 0.3) is 0 Å². The van der Waals surface area contributed by atoms with Gasteiger partial charge in [-0.2, -0.15) is 0 Å². The quantitative estimate of drug-likeness (QED) is 0.439. The van der Waals surface area contributed by atoms with Gasteiger partial charge in [0.05, 0.1) is 0 Å². The van der Waals surface area contributed by atoms with Crippen molar-refractivity contribution in [1.82, 2.24) is 4.90 Å². The van der Waals surface area contributed by atoms with Gasteiger partial charge in [-0.3, -0.25) is 0 Å². The first kappa shape index (κ1) is 4.69. The van der Waals surface area contributed by atoms with Crippen molar-refractivity contribution < 1.29 is 0 Å². The molecule has 0 aromatic heterocycles. The Morgan fingerprint density at radius 2 is 2.43 bits per heavy atom. The predicted molar refractivity (Wildman–Crippen MR) is 31.0 cm³/mol. The third-order valence-electron chi connectivity index (χ3n) is 1.51. The van der Waals surface area contributed by atoms with E-state index in [0.717, 1.165) is 6.04 Å². The molecule has 0 N–H and O–H groups in total. The molecular weight excluding hydrogens is 86.1 g/mol. The monoisotopic (exact) mass is 97.1 g/mol. The first-order valence-electron chi connectivity index (χ1n) is 2.69. The second-order valence-corrected chi connectivity index (χ2v) is 2.13. The van der Waals surface area contributed by atoms with Crippen LogP contribution in [0.15, 0.2) is 12.3 Å². The van der Waals surface area contributed by atoms with Gasteiger partial charge in [0.25, 0.3) is 0 Å². The molecule has 7 heavy (non-hydrogen) atoms. The number of rotatable bonds is 0. The highest BCUT2D eigenvalue weighted by atomic mass is 15.1. The highest BCUT2D eigenvalue weighted by Gasteiger charge is 2.06. The Kier molecular flexibility index (Phi) is 1.05. The summed E-state index contributed by atoms with van der Waals surface area (Å²) in [6.45, 7) is 2.22. The zero-order valence-electron chi connectivity index (χ0n) is 4.89. The van der Waals surface area contributed by atoms with E-state index in [0.29, 0.717) is 0 Å². The maximum absolute atomic E-state index is 2.22. The second-order valence-electron chi connectivity index (χ2n) is 2.13. The minimum atomic E-state index is 0.736. The van der Waals surface area contributed by atoms with Crippen LogP contribution in [0.2, 0.25) is 0 Å². The molecule has 1 heteroatoms. The van der Waals surface area contributed by atoms with Crippen LogP contribution in [0, 0.1) is 0 Å². The van der Waals surface area contributed by atoms with Gasteiger partial charge in [-0.05, 0) is 19.5 Å². The van der Waals surface area contributed by atoms with E-state index in [1.165, 1.54) is 6.42 Å². The number of nitrogens with zero attached hydrogens (tertiary/aromatic N) is 1. The third kappa shape index (κ3) is 0.763. The lowest BCUT2D eigenvalue weighted by atomic mass is 10.3. The van der Waals surface area contributed by atoms with Gasteiger partial charge >= 0.3 is 0 Å². The summed E-state index contributed by atoms with van der Waals surface area (Å²) in [6, 6.07) is 0.736. The molecule has 0 saturated carbocycles. The molecular formula is C6H11N. The highest BCUT2D eigenvalue weighted by molar-refractivity contribution is 4.93. The minimum absolute atomic E-state index is 0.736. The van der Waals surface area contributed by atoms with Crippen molar-refractivity contribution >= 4 is 0 Å². The van der Waals surface area contributed by atoms with Crippen LogP contribution < -0.4 is 0 Å². The lowest BCUT2D eigenvalue weighted by Gasteiger charge is -2.14. The Bertz CT molecular complexity index is 86.2. The van der Waals surface area contributed by atoms with E-state index in [1.807, 2.05) is 0 Å². The first-order chi connectivity index (χ1) is 3.30. The van der Waals surface area contributed by atoms with Gasteiger partial charge in [-0.25, -0.2) is 0 Å². The standard InChI is InChI=1S/C6H11N/c1-6-4-3-5-7(6)2/h3,5-6H,4H2,1-2H3/t6-/m0/s1. The molecule has 0 spiro atoms. The van der Waals surface area contributed by atoms with Crippen LogP contribution in [0.3, 0.4) is 0 Å². The smallest absolute Gasteiger partial charge is 0.0287 e. The minimum Gasteiger partial charge on any atom is -0.378 e. The van der Waals surface area contributed by atoms with Crippen LogP contribution in [0.1, 0.15) is 13.3 Å². The predicted octanol–water partition coefficient (Wildman–Crippen LogP) is 1.22. The van der Waals surface area contributed by atoms with Crippen molar-refractivity contribution in [2.24, 2.45) is 0 Å². The normalized spacial score (nSPS) is 29.4. The van der Waals surface area contributed by atoms with Crippen LogP contribution in [-0.4, -0.2) is 18.0 Å². The molecule has 1 atom stereocenters. The molecule has 0 amide bonds. The second kappa shape index (κ2) is 1.57. The maximum Gasteiger partial charge on any atom is 0.0287 e. The van der Waals surface area contributed by atoms with Crippen LogP contribution in [0.5, 0.6) is 0 Å². The summed E-state index contributed by atoms with van der Waals surface area (Å²) in [7, 11) is 2.11. The fourth-order valence-corrected chi connectivity index (χ4v) is 0.737. The summed E-state index contributed by atoms with van der Waals surface area (Å²) >= 11 is 0. The molecule has 0 aromatic rings. The maximum atomic E-state index is 2.22. The molecule has 0 aromatic carbocycles. The zero-order chi connectivity index (χ0) is 5.28. The van der Waals surface area contributed by atoms with E-state index < -0.39 is 0 Å². The van der Waals surface area contributed by atoms with Crippen molar-refractivity contribution in [3.05, 3.63) is 12.3 Å². The van der Waals surface area contributed by atoms with Crippen molar-refractivity contribution in [2.75, 3.05) is 7.05 Å². The van der Waals surface area contributed by atoms with E-state index >= 15 is 0 Å². The van der Waals surface area contributed by atoms with Gasteiger partial charge in [0, 0.05) is 13.1 Å². The van der Waals surface area contributed by atoms with Gasteiger partial charge < -0.3 is 4.90 Å². The fourth-order valence-electron chi connectivity index (χ4n) is 0.737. The SMILES string of the molecule is C[C@H]1CC=CN1C. The molecule has 0 fully saturated rings. The van der Waals surface area contributed by atoms with Gasteiger partial charge in [0.2, 0.25) is 0 Å². The summed E-state index contributed by atoms with van der Waals surface area (Å²) in [5.74, 6) is 0. The van der Waals surface area contributed by atoms with Crippen molar-refractivity contribution in [3.63, 3.8) is 0 Å². The van der Waals surface area contributed by atoms with Crippen LogP contribution >= 0.6 is 0 Å². The molecule has 1 heterocycles. The molecule has 0 unspecified atom stereocenters. The molecule has 0 aliphatic carbocycles. The van der Waals surface area contributed by atoms with E-state index in [4.69, 9.17) is 0 Å². The average Bonchev–Trinajstić information content (AvgIpc) is 1.91. The average molecular weight is 97.2 g/mol. The Morgan fingerprint density at radius 3 is 2.57 bits per heavy atom. The number of hydrogen-bond acceptors (Lipinski definition) is 1. The zero-order valence-corrected chi connectivity index (χ0v) is 4.89. The summed E-state index contributed by atoms with van der Waals surface area (Å²) in [5, 5.41) is 0. The van der Waals surface area contributed by atoms with E-state index in [2.05, 4.69) is 31.1 Å². The van der Waals surface area contributed by atoms with Crippen molar-refractivity contribution in [2.45, 2.75) is 19.4 Å². The summed E-state index contributed by atoms with van der Waals surface area (Å²) in [6.07, 6.45) is 5.55. The van der Waals surface area contributed by atoms with E-state index in [1.54, 1.807) is 0 Å². The van der Waals surface area contributed by atoms with Crippen molar-refractivity contribution in [3.8, 4) is 0 Å². The molecule has 1 aliphatic heterocycles. The van der Waals surface area contributed by atoms with Crippen LogP contribution in [-0.2, 0) is 0 Å². The molecule has 40 valence electrons. The molecule has 1 nitrogen and oxygen atoms in total.